The van der Waals surface area contributed by atoms with Crippen LogP contribution in [0.4, 0.5) is 9.18 Å². The predicted octanol–water partition coefficient (Wildman–Crippen LogP) is 1.90. The summed E-state index contributed by atoms with van der Waals surface area (Å²) in [6.07, 6.45) is -1.17. The van der Waals surface area contributed by atoms with Gasteiger partial charge in [-0.2, -0.15) is 0 Å². The monoisotopic (exact) mass is 311 g/mol. The Kier molecular flexibility index (Phi) is 5.13. The van der Waals surface area contributed by atoms with Crippen molar-refractivity contribution in [2.24, 2.45) is 5.84 Å². The number of hydrazine groups is 1. The number of nitrogens with zero attached hydrogens (tertiary/aromatic N) is 1. The van der Waals surface area contributed by atoms with Gasteiger partial charge in [-0.15, -0.1) is 0 Å². The first-order valence-electron chi connectivity index (χ1n) is 6.81. The van der Waals surface area contributed by atoms with Crippen LogP contribution in [0.15, 0.2) is 24.3 Å². The van der Waals surface area contributed by atoms with E-state index in [0.717, 1.165) is 4.90 Å². The van der Waals surface area contributed by atoms with Crippen LogP contribution in [0, 0.1) is 5.82 Å². The Balaban J connectivity index is 3.32. The molecule has 22 heavy (non-hydrogen) atoms. The minimum atomic E-state index is -1.43. The highest BCUT2D eigenvalue weighted by atomic mass is 19.1. The van der Waals surface area contributed by atoms with Gasteiger partial charge in [0.2, 0.25) is 0 Å². The molecular formula is C15H22FN3O3. The molecule has 1 aromatic carbocycles. The number of halogens is 1. The second-order valence-corrected chi connectivity index (χ2v) is 6.34. The maximum absolute atomic E-state index is 13.0. The van der Waals surface area contributed by atoms with Gasteiger partial charge in [-0.1, -0.05) is 12.1 Å². The van der Waals surface area contributed by atoms with Crippen LogP contribution < -0.4 is 11.3 Å². The normalized spacial score (nSPS) is 14.1. The van der Waals surface area contributed by atoms with Gasteiger partial charge in [0.1, 0.15) is 11.4 Å². The third kappa shape index (κ3) is 3.73. The summed E-state index contributed by atoms with van der Waals surface area (Å²) in [4.78, 5) is 25.0. The molecule has 0 saturated heterocycles. The van der Waals surface area contributed by atoms with Crippen LogP contribution in [-0.4, -0.2) is 33.1 Å². The molecule has 0 unspecified atom stereocenters. The summed E-state index contributed by atoms with van der Waals surface area (Å²) in [6, 6.07) is 5.55. The number of benzene rings is 1. The number of carboxylic acid groups (broad SMARTS) is 1. The summed E-state index contributed by atoms with van der Waals surface area (Å²) >= 11 is 0. The van der Waals surface area contributed by atoms with Crippen LogP contribution in [0.2, 0.25) is 0 Å². The standard InChI is InChI=1S/C15H22FN3O3/c1-14(2,3)19(13(21)22)15(4,12(20)18-17)9-10-5-7-11(16)8-6-10/h5-8H,9,17H2,1-4H3,(H,18,20)(H,21,22)/t15-/m1/s1. The van der Waals surface area contributed by atoms with Crippen molar-refractivity contribution in [3.05, 3.63) is 35.6 Å². The lowest BCUT2D eigenvalue weighted by Crippen LogP contribution is -2.66. The minimum Gasteiger partial charge on any atom is -0.465 e. The van der Waals surface area contributed by atoms with Gasteiger partial charge >= 0.3 is 6.09 Å². The number of nitrogens with two attached hydrogens (primary N) is 1. The van der Waals surface area contributed by atoms with E-state index in [1.54, 1.807) is 20.8 Å². The maximum atomic E-state index is 13.0. The van der Waals surface area contributed by atoms with E-state index in [-0.39, 0.29) is 6.42 Å². The fourth-order valence-corrected chi connectivity index (χ4v) is 2.65. The molecule has 0 saturated carbocycles. The van der Waals surface area contributed by atoms with E-state index in [2.05, 4.69) is 0 Å². The molecule has 0 aliphatic carbocycles. The molecule has 0 radical (unpaired) electrons. The fourth-order valence-electron chi connectivity index (χ4n) is 2.65. The molecule has 1 aromatic rings. The summed E-state index contributed by atoms with van der Waals surface area (Å²) in [5, 5.41) is 9.56. The summed E-state index contributed by atoms with van der Waals surface area (Å²) < 4.78 is 13.0. The SMILES string of the molecule is CC(C)(C)N(C(=O)O)[C@](C)(Cc1ccc(F)cc1)C(=O)NN. The predicted molar refractivity (Wildman–Crippen MR) is 80.5 cm³/mol. The molecular weight excluding hydrogens is 289 g/mol. The Morgan fingerprint density at radius 2 is 1.73 bits per heavy atom. The number of carbonyl (C=O) groups is 2. The molecule has 4 N–H and O–H groups in total. The highest BCUT2D eigenvalue weighted by Crippen LogP contribution is 2.29. The van der Waals surface area contributed by atoms with Gasteiger partial charge in [0, 0.05) is 12.0 Å². The molecule has 0 bridgehead atoms. The van der Waals surface area contributed by atoms with Gasteiger partial charge in [0.15, 0.2) is 0 Å². The Labute approximate surface area is 129 Å². The van der Waals surface area contributed by atoms with Crippen LogP contribution in [0.1, 0.15) is 33.3 Å². The van der Waals surface area contributed by atoms with E-state index < -0.39 is 28.9 Å². The molecule has 0 spiro atoms. The minimum absolute atomic E-state index is 0.0693. The molecule has 1 rings (SSSR count). The van der Waals surface area contributed by atoms with Crippen LogP contribution in [0.3, 0.4) is 0 Å². The Morgan fingerprint density at radius 3 is 2.09 bits per heavy atom. The zero-order valence-corrected chi connectivity index (χ0v) is 13.2. The van der Waals surface area contributed by atoms with Gasteiger partial charge in [-0.3, -0.25) is 15.1 Å². The van der Waals surface area contributed by atoms with Crippen molar-refractivity contribution in [3.8, 4) is 0 Å². The molecule has 0 aliphatic heterocycles. The summed E-state index contributed by atoms with van der Waals surface area (Å²) in [5.41, 5.74) is 0.394. The highest BCUT2D eigenvalue weighted by Gasteiger charge is 2.47. The molecule has 0 aliphatic rings. The van der Waals surface area contributed by atoms with Crippen molar-refractivity contribution in [1.82, 2.24) is 10.3 Å². The number of amides is 2. The first kappa shape index (κ1) is 17.9. The number of hydrogen-bond donors (Lipinski definition) is 3. The van der Waals surface area contributed by atoms with E-state index in [4.69, 9.17) is 5.84 Å². The third-order valence-electron chi connectivity index (χ3n) is 3.44. The highest BCUT2D eigenvalue weighted by molar-refractivity contribution is 5.89. The average Bonchev–Trinajstić information content (AvgIpc) is 2.38. The zero-order valence-electron chi connectivity index (χ0n) is 13.2. The van der Waals surface area contributed by atoms with Crippen molar-refractivity contribution in [2.45, 2.75) is 45.2 Å². The number of nitrogens with one attached hydrogen (secondary N) is 1. The Hall–Kier alpha value is -2.15. The Bertz CT molecular complexity index is 554. The first-order chi connectivity index (χ1) is 10.0. The lowest BCUT2D eigenvalue weighted by Gasteiger charge is -2.45. The number of hydrogen-bond acceptors (Lipinski definition) is 3. The van der Waals surface area contributed by atoms with Crippen molar-refractivity contribution < 1.29 is 19.1 Å². The second-order valence-electron chi connectivity index (χ2n) is 6.34. The van der Waals surface area contributed by atoms with Gasteiger partial charge in [-0.05, 0) is 45.4 Å². The molecule has 0 heterocycles. The van der Waals surface area contributed by atoms with Crippen LogP contribution in [-0.2, 0) is 11.2 Å². The zero-order chi connectivity index (χ0) is 17.1. The topological polar surface area (TPSA) is 95.7 Å². The van der Waals surface area contributed by atoms with Crippen LogP contribution in [0.25, 0.3) is 0 Å². The Morgan fingerprint density at radius 1 is 1.23 bits per heavy atom. The van der Waals surface area contributed by atoms with Gasteiger partial charge in [0.25, 0.3) is 5.91 Å². The lowest BCUT2D eigenvalue weighted by molar-refractivity contribution is -0.134. The van der Waals surface area contributed by atoms with Gasteiger partial charge < -0.3 is 5.11 Å². The average molecular weight is 311 g/mol. The van der Waals surface area contributed by atoms with Crippen molar-refractivity contribution in [2.75, 3.05) is 0 Å². The summed E-state index contributed by atoms with van der Waals surface area (Å²) in [5.74, 6) is 4.20. The molecule has 122 valence electrons. The van der Waals surface area contributed by atoms with E-state index in [0.29, 0.717) is 5.56 Å². The first-order valence-corrected chi connectivity index (χ1v) is 6.81. The van der Waals surface area contributed by atoms with Crippen molar-refractivity contribution in [1.29, 1.82) is 0 Å². The summed E-state index contributed by atoms with van der Waals surface area (Å²) in [6.45, 7) is 6.56. The second kappa shape index (κ2) is 6.31. The fraction of sp³-hybridized carbons (Fsp3) is 0.467. The summed E-state index contributed by atoms with van der Waals surface area (Å²) in [7, 11) is 0. The molecule has 0 fully saturated rings. The number of carbonyl (C=O) groups excluding carboxylic acids is 1. The van der Waals surface area contributed by atoms with E-state index >= 15 is 0 Å². The van der Waals surface area contributed by atoms with Crippen molar-refractivity contribution in [3.63, 3.8) is 0 Å². The van der Waals surface area contributed by atoms with Crippen LogP contribution >= 0.6 is 0 Å². The van der Waals surface area contributed by atoms with E-state index in [1.807, 2.05) is 5.43 Å². The molecule has 1 atom stereocenters. The quantitative estimate of drug-likeness (QED) is 0.449. The lowest BCUT2D eigenvalue weighted by atomic mass is 9.86. The maximum Gasteiger partial charge on any atom is 0.408 e. The largest absolute Gasteiger partial charge is 0.465 e. The molecule has 0 aromatic heterocycles. The van der Waals surface area contributed by atoms with Crippen LogP contribution in [0.5, 0.6) is 0 Å². The molecule has 7 heteroatoms. The van der Waals surface area contributed by atoms with E-state index in [9.17, 15) is 19.1 Å². The molecule has 2 amide bonds. The van der Waals surface area contributed by atoms with Crippen molar-refractivity contribution >= 4 is 12.0 Å². The number of rotatable bonds is 4. The van der Waals surface area contributed by atoms with Gasteiger partial charge in [-0.25, -0.2) is 15.0 Å². The van der Waals surface area contributed by atoms with Gasteiger partial charge in [0.05, 0.1) is 0 Å². The van der Waals surface area contributed by atoms with E-state index in [1.165, 1.54) is 31.2 Å². The molecule has 6 nitrogen and oxygen atoms in total. The third-order valence-corrected chi connectivity index (χ3v) is 3.44. The smallest absolute Gasteiger partial charge is 0.408 e.